The lowest BCUT2D eigenvalue weighted by molar-refractivity contribution is -0.182. The molecule has 0 saturated heterocycles. The fourth-order valence-corrected chi connectivity index (χ4v) is 0.799. The van der Waals surface area contributed by atoms with Crippen molar-refractivity contribution in [2.24, 2.45) is 0 Å². The highest BCUT2D eigenvalue weighted by Gasteiger charge is 2.04. The molecule has 0 unspecified atom stereocenters. The van der Waals surface area contributed by atoms with Crippen LogP contribution in [0.15, 0.2) is 24.3 Å². The van der Waals surface area contributed by atoms with Crippen LogP contribution in [0, 0.1) is 0 Å². The van der Waals surface area contributed by atoms with Gasteiger partial charge in [-0.3, -0.25) is 4.89 Å². The van der Waals surface area contributed by atoms with Gasteiger partial charge in [0.25, 0.3) is 0 Å². The van der Waals surface area contributed by atoms with Crippen LogP contribution in [0.25, 0.3) is 0 Å². The van der Waals surface area contributed by atoms with Crippen molar-refractivity contribution in [1.82, 2.24) is 0 Å². The average Bonchev–Trinajstić information content (AvgIpc) is 2.17. The molecule has 12 heavy (non-hydrogen) atoms. The molecule has 0 saturated carbocycles. The highest BCUT2D eigenvalue weighted by atomic mass is 17.1. The Morgan fingerprint density at radius 1 is 1.33 bits per heavy atom. The Labute approximate surface area is 69.0 Å². The summed E-state index contributed by atoms with van der Waals surface area (Å²) in [5.74, 6) is -0.806. The van der Waals surface area contributed by atoms with Crippen molar-refractivity contribution in [3.8, 4) is 0 Å². The monoisotopic (exact) mass is 168 g/mol. The minimum atomic E-state index is -0.806. The Morgan fingerprint density at radius 2 is 1.92 bits per heavy atom. The smallest absolute Gasteiger partial charge is 0.372 e. The molecule has 2 N–H and O–H groups in total. The molecule has 0 heterocycles. The molecule has 0 radical (unpaired) electrons. The topological polar surface area (TPSA) is 66.8 Å². The van der Waals surface area contributed by atoms with Gasteiger partial charge in [-0.25, -0.2) is 4.79 Å². The van der Waals surface area contributed by atoms with Crippen LogP contribution in [-0.2, 0) is 11.5 Å². The Morgan fingerprint density at radius 3 is 2.33 bits per heavy atom. The summed E-state index contributed by atoms with van der Waals surface area (Å²) in [6, 6.07) is 6.08. The average molecular weight is 168 g/mol. The molecule has 1 aromatic carbocycles. The molecule has 64 valence electrons. The number of hydrogen-bond donors (Lipinski definition) is 2. The molecule has 4 heteroatoms. The predicted molar refractivity (Wildman–Crippen MR) is 40.4 cm³/mol. The van der Waals surface area contributed by atoms with Crippen molar-refractivity contribution in [1.29, 1.82) is 0 Å². The van der Waals surface area contributed by atoms with Crippen molar-refractivity contribution in [2.45, 2.75) is 6.61 Å². The minimum Gasteiger partial charge on any atom is -0.392 e. The number of aliphatic hydroxyl groups excluding tert-OH is 1. The van der Waals surface area contributed by atoms with Crippen LogP contribution in [0.3, 0.4) is 0 Å². The number of carbonyl (C=O) groups is 1. The van der Waals surface area contributed by atoms with Gasteiger partial charge in [0.1, 0.15) is 0 Å². The van der Waals surface area contributed by atoms with Crippen molar-refractivity contribution in [3.05, 3.63) is 35.4 Å². The second-order valence-electron chi connectivity index (χ2n) is 2.23. The first-order chi connectivity index (χ1) is 5.77. The van der Waals surface area contributed by atoms with Gasteiger partial charge in [-0.15, -0.1) is 0 Å². The zero-order valence-corrected chi connectivity index (χ0v) is 6.23. The van der Waals surface area contributed by atoms with Crippen LogP contribution in [0.1, 0.15) is 15.9 Å². The lowest BCUT2D eigenvalue weighted by Gasteiger charge is -1.97. The first-order valence-corrected chi connectivity index (χ1v) is 3.33. The standard InChI is InChI=1S/C8H8O4/c9-5-6-1-3-7(4-2-6)8(10)12-11/h1-4,9,11H,5H2. The van der Waals surface area contributed by atoms with Crippen molar-refractivity contribution in [3.63, 3.8) is 0 Å². The molecular weight excluding hydrogens is 160 g/mol. The van der Waals surface area contributed by atoms with E-state index in [-0.39, 0.29) is 12.2 Å². The summed E-state index contributed by atoms with van der Waals surface area (Å²) in [6.45, 7) is -0.0749. The molecule has 0 aliphatic rings. The van der Waals surface area contributed by atoms with Crippen LogP contribution in [0.2, 0.25) is 0 Å². The number of aliphatic hydroxyl groups is 1. The normalized spacial score (nSPS) is 9.50. The second kappa shape index (κ2) is 3.85. The highest BCUT2D eigenvalue weighted by molar-refractivity contribution is 5.88. The lowest BCUT2D eigenvalue weighted by atomic mass is 10.1. The third-order valence-corrected chi connectivity index (χ3v) is 1.46. The van der Waals surface area contributed by atoms with E-state index >= 15 is 0 Å². The zero-order chi connectivity index (χ0) is 8.97. The molecular formula is C8H8O4. The van der Waals surface area contributed by atoms with Gasteiger partial charge in [0, 0.05) is 0 Å². The fourth-order valence-electron chi connectivity index (χ4n) is 0.799. The highest BCUT2D eigenvalue weighted by Crippen LogP contribution is 2.04. The second-order valence-corrected chi connectivity index (χ2v) is 2.23. The molecule has 0 atom stereocenters. The first-order valence-electron chi connectivity index (χ1n) is 3.33. The van der Waals surface area contributed by atoms with Gasteiger partial charge in [0.2, 0.25) is 0 Å². The van der Waals surface area contributed by atoms with E-state index in [0.717, 1.165) is 0 Å². The van der Waals surface area contributed by atoms with E-state index in [4.69, 9.17) is 10.4 Å². The summed E-state index contributed by atoms with van der Waals surface area (Å²) < 4.78 is 0. The van der Waals surface area contributed by atoms with Crippen LogP contribution < -0.4 is 0 Å². The molecule has 1 aromatic rings. The molecule has 4 nitrogen and oxygen atoms in total. The maximum atomic E-state index is 10.7. The van der Waals surface area contributed by atoms with E-state index in [1.165, 1.54) is 12.1 Å². The molecule has 0 amide bonds. The SMILES string of the molecule is O=C(OO)c1ccc(CO)cc1. The maximum Gasteiger partial charge on any atom is 0.372 e. The molecule has 0 aromatic heterocycles. The molecule has 0 aliphatic heterocycles. The predicted octanol–water partition coefficient (Wildman–Crippen LogP) is 0.809. The number of rotatable bonds is 2. The minimum absolute atomic E-state index is 0.0749. The Balaban J connectivity index is 2.84. The van der Waals surface area contributed by atoms with E-state index < -0.39 is 5.97 Å². The van der Waals surface area contributed by atoms with Crippen LogP contribution in [0.5, 0.6) is 0 Å². The number of benzene rings is 1. The molecule has 0 aliphatic carbocycles. The number of hydrogen-bond acceptors (Lipinski definition) is 4. The van der Waals surface area contributed by atoms with Crippen LogP contribution in [-0.4, -0.2) is 16.3 Å². The van der Waals surface area contributed by atoms with Gasteiger partial charge in [-0.1, -0.05) is 12.1 Å². The summed E-state index contributed by atoms with van der Waals surface area (Å²) in [6.07, 6.45) is 0. The lowest BCUT2D eigenvalue weighted by Crippen LogP contribution is -2.01. The van der Waals surface area contributed by atoms with Crippen molar-refractivity contribution >= 4 is 5.97 Å². The fraction of sp³-hybridized carbons (Fsp3) is 0.125. The molecule has 0 fully saturated rings. The summed E-state index contributed by atoms with van der Waals surface area (Å²) in [5.41, 5.74) is 0.944. The van der Waals surface area contributed by atoms with Gasteiger partial charge in [-0.2, -0.15) is 5.26 Å². The van der Waals surface area contributed by atoms with E-state index in [9.17, 15) is 4.79 Å². The van der Waals surface area contributed by atoms with E-state index in [0.29, 0.717) is 5.56 Å². The van der Waals surface area contributed by atoms with E-state index in [1.807, 2.05) is 0 Å². The summed E-state index contributed by atoms with van der Waals surface area (Å²) in [7, 11) is 0. The largest absolute Gasteiger partial charge is 0.392 e. The Bertz CT molecular complexity index is 265. The Kier molecular flexibility index (Phi) is 2.79. The van der Waals surface area contributed by atoms with Gasteiger partial charge in [0.05, 0.1) is 12.2 Å². The summed E-state index contributed by atoms with van der Waals surface area (Å²) in [5, 5.41) is 16.7. The van der Waals surface area contributed by atoms with Gasteiger partial charge in [-0.05, 0) is 17.7 Å². The molecule has 0 spiro atoms. The third kappa shape index (κ3) is 1.81. The zero-order valence-electron chi connectivity index (χ0n) is 6.23. The van der Waals surface area contributed by atoms with E-state index in [1.54, 1.807) is 12.1 Å². The number of carbonyl (C=O) groups excluding carboxylic acids is 1. The Hall–Kier alpha value is -1.39. The van der Waals surface area contributed by atoms with Crippen LogP contribution in [0.4, 0.5) is 0 Å². The van der Waals surface area contributed by atoms with Gasteiger partial charge < -0.3 is 5.11 Å². The first kappa shape index (κ1) is 8.70. The third-order valence-electron chi connectivity index (χ3n) is 1.46. The van der Waals surface area contributed by atoms with Gasteiger partial charge in [0.15, 0.2) is 0 Å². The summed E-state index contributed by atoms with van der Waals surface area (Å²) in [4.78, 5) is 14.2. The van der Waals surface area contributed by atoms with Crippen LogP contribution >= 0.6 is 0 Å². The van der Waals surface area contributed by atoms with E-state index in [2.05, 4.69) is 4.89 Å². The quantitative estimate of drug-likeness (QED) is 0.506. The van der Waals surface area contributed by atoms with Crippen molar-refractivity contribution in [2.75, 3.05) is 0 Å². The maximum absolute atomic E-state index is 10.7. The molecule has 0 bridgehead atoms. The summed E-state index contributed by atoms with van der Waals surface area (Å²) >= 11 is 0. The molecule has 1 rings (SSSR count). The van der Waals surface area contributed by atoms with Crippen molar-refractivity contribution < 1.29 is 20.0 Å². The van der Waals surface area contributed by atoms with Gasteiger partial charge >= 0.3 is 5.97 Å².